The fraction of sp³-hybridized carbons (Fsp3) is 0.130. The van der Waals surface area contributed by atoms with Crippen molar-refractivity contribution in [2.75, 3.05) is 10.6 Å². The summed E-state index contributed by atoms with van der Waals surface area (Å²) in [7, 11) is 0. The van der Waals surface area contributed by atoms with E-state index in [-0.39, 0.29) is 19.0 Å². The Morgan fingerprint density at radius 1 is 0.970 bits per heavy atom. The van der Waals surface area contributed by atoms with Gasteiger partial charge in [0.25, 0.3) is 5.56 Å². The molecule has 2 amide bonds. The average Bonchev–Trinajstić information content (AvgIpc) is 3.25. The molecule has 2 aromatic heterocycles. The number of halogens is 1. The van der Waals surface area contributed by atoms with Gasteiger partial charge in [-0.1, -0.05) is 18.2 Å². The SMILES string of the molecule is CC(=O)Nc1cccc(NC(=O)Cn2c(=O)n(Cc3ccc(F)cc3)c(=O)c3sccc32)c1. The van der Waals surface area contributed by atoms with Gasteiger partial charge in [0, 0.05) is 18.3 Å². The molecule has 10 heteroatoms. The molecular weight excluding hydrogens is 447 g/mol. The van der Waals surface area contributed by atoms with Gasteiger partial charge in [-0.3, -0.25) is 23.5 Å². The molecule has 4 aromatic rings. The molecule has 0 saturated heterocycles. The van der Waals surface area contributed by atoms with Gasteiger partial charge in [-0.15, -0.1) is 11.3 Å². The molecule has 0 spiro atoms. The second-order valence-electron chi connectivity index (χ2n) is 7.33. The topological polar surface area (TPSA) is 102 Å². The fourth-order valence-electron chi connectivity index (χ4n) is 3.42. The van der Waals surface area contributed by atoms with Crippen molar-refractivity contribution in [1.29, 1.82) is 0 Å². The van der Waals surface area contributed by atoms with Gasteiger partial charge < -0.3 is 10.6 Å². The second kappa shape index (κ2) is 9.21. The standard InChI is InChI=1S/C23H19FN4O4S/c1-14(29)25-17-3-2-4-18(11-17)26-20(30)13-27-19-9-10-33-21(19)22(31)28(23(27)32)12-15-5-7-16(24)8-6-15/h2-11H,12-13H2,1H3,(H,25,29)(H,26,30). The van der Waals surface area contributed by atoms with E-state index in [0.717, 1.165) is 4.57 Å². The van der Waals surface area contributed by atoms with E-state index in [1.807, 2.05) is 0 Å². The number of anilines is 2. The van der Waals surface area contributed by atoms with Crippen LogP contribution in [0.25, 0.3) is 10.2 Å². The van der Waals surface area contributed by atoms with E-state index in [1.165, 1.54) is 47.1 Å². The third-order valence-electron chi connectivity index (χ3n) is 4.86. The first-order valence-electron chi connectivity index (χ1n) is 9.94. The minimum absolute atomic E-state index is 0.0494. The van der Waals surface area contributed by atoms with Crippen molar-refractivity contribution in [2.24, 2.45) is 0 Å². The number of benzene rings is 2. The van der Waals surface area contributed by atoms with Crippen LogP contribution >= 0.6 is 11.3 Å². The summed E-state index contributed by atoms with van der Waals surface area (Å²) in [6, 6.07) is 13.7. The van der Waals surface area contributed by atoms with Gasteiger partial charge >= 0.3 is 5.69 Å². The quantitative estimate of drug-likeness (QED) is 0.456. The lowest BCUT2D eigenvalue weighted by atomic mass is 10.2. The summed E-state index contributed by atoms with van der Waals surface area (Å²) in [5.41, 5.74) is 0.808. The summed E-state index contributed by atoms with van der Waals surface area (Å²) in [5, 5.41) is 7.01. The first-order valence-corrected chi connectivity index (χ1v) is 10.8. The van der Waals surface area contributed by atoms with Crippen molar-refractivity contribution in [1.82, 2.24) is 9.13 Å². The Hall–Kier alpha value is -4.05. The van der Waals surface area contributed by atoms with Crippen LogP contribution in [0.3, 0.4) is 0 Å². The zero-order chi connectivity index (χ0) is 23.5. The molecule has 4 rings (SSSR count). The highest BCUT2D eigenvalue weighted by molar-refractivity contribution is 7.17. The predicted octanol–water partition coefficient (Wildman–Crippen LogP) is 3.01. The van der Waals surface area contributed by atoms with E-state index in [1.54, 1.807) is 35.7 Å². The van der Waals surface area contributed by atoms with Crippen molar-refractivity contribution in [3.63, 3.8) is 0 Å². The summed E-state index contributed by atoms with van der Waals surface area (Å²) in [4.78, 5) is 50.0. The number of carbonyl (C=O) groups is 2. The molecule has 0 aliphatic carbocycles. The molecule has 0 unspecified atom stereocenters. The number of hydrogen-bond acceptors (Lipinski definition) is 5. The summed E-state index contributed by atoms with van der Waals surface area (Å²) < 4.78 is 15.8. The van der Waals surface area contributed by atoms with Crippen molar-refractivity contribution in [3.8, 4) is 0 Å². The van der Waals surface area contributed by atoms with Crippen molar-refractivity contribution >= 4 is 44.7 Å². The van der Waals surface area contributed by atoms with Crippen molar-refractivity contribution in [3.05, 3.63) is 92.2 Å². The van der Waals surface area contributed by atoms with Gasteiger partial charge in [-0.2, -0.15) is 0 Å². The Labute approximate surface area is 190 Å². The fourth-order valence-corrected chi connectivity index (χ4v) is 4.26. The lowest BCUT2D eigenvalue weighted by Gasteiger charge is -2.13. The van der Waals surface area contributed by atoms with Crippen LogP contribution in [0.5, 0.6) is 0 Å². The Balaban J connectivity index is 1.65. The van der Waals surface area contributed by atoms with Gasteiger partial charge in [-0.05, 0) is 47.3 Å². The normalized spacial score (nSPS) is 10.8. The van der Waals surface area contributed by atoms with Crippen LogP contribution in [0.15, 0.2) is 69.6 Å². The zero-order valence-electron chi connectivity index (χ0n) is 17.5. The van der Waals surface area contributed by atoms with Crippen molar-refractivity contribution in [2.45, 2.75) is 20.0 Å². The molecule has 2 N–H and O–H groups in total. The van der Waals surface area contributed by atoms with Gasteiger partial charge in [0.1, 0.15) is 17.1 Å². The Morgan fingerprint density at radius 3 is 2.36 bits per heavy atom. The molecule has 33 heavy (non-hydrogen) atoms. The maximum atomic E-state index is 13.2. The summed E-state index contributed by atoms with van der Waals surface area (Å²) >= 11 is 1.18. The van der Waals surface area contributed by atoms with Crippen LogP contribution in [0.4, 0.5) is 15.8 Å². The van der Waals surface area contributed by atoms with Crippen LogP contribution in [0.2, 0.25) is 0 Å². The molecule has 8 nitrogen and oxygen atoms in total. The van der Waals surface area contributed by atoms with E-state index < -0.39 is 23.0 Å². The molecule has 168 valence electrons. The molecule has 0 atom stereocenters. The number of amides is 2. The number of hydrogen-bond donors (Lipinski definition) is 2. The number of rotatable bonds is 6. The highest BCUT2D eigenvalue weighted by Gasteiger charge is 2.17. The number of fused-ring (bicyclic) bond motifs is 1. The molecule has 0 radical (unpaired) electrons. The second-order valence-corrected chi connectivity index (χ2v) is 8.25. The van der Waals surface area contributed by atoms with Gasteiger partial charge in [0.15, 0.2) is 0 Å². The highest BCUT2D eigenvalue weighted by atomic mass is 32.1. The van der Waals surface area contributed by atoms with Gasteiger partial charge in [-0.25, -0.2) is 9.18 Å². The molecule has 0 saturated carbocycles. The van der Waals surface area contributed by atoms with E-state index in [4.69, 9.17) is 0 Å². The van der Waals surface area contributed by atoms with E-state index in [2.05, 4.69) is 10.6 Å². The van der Waals surface area contributed by atoms with Crippen LogP contribution in [-0.2, 0) is 22.7 Å². The van der Waals surface area contributed by atoms with E-state index >= 15 is 0 Å². The van der Waals surface area contributed by atoms with Gasteiger partial charge in [0.05, 0.1) is 12.1 Å². The van der Waals surface area contributed by atoms with E-state index in [9.17, 15) is 23.6 Å². The van der Waals surface area contributed by atoms with Crippen LogP contribution in [0.1, 0.15) is 12.5 Å². The molecule has 0 bridgehead atoms. The first-order chi connectivity index (χ1) is 15.8. The Bertz CT molecular complexity index is 1470. The Morgan fingerprint density at radius 2 is 1.67 bits per heavy atom. The molecule has 0 fully saturated rings. The van der Waals surface area contributed by atoms with Crippen LogP contribution in [-0.4, -0.2) is 20.9 Å². The third-order valence-corrected chi connectivity index (χ3v) is 5.75. The molecule has 2 aromatic carbocycles. The number of carbonyl (C=O) groups excluding carboxylic acids is 2. The molecular formula is C23H19FN4O4S. The molecule has 0 aliphatic rings. The van der Waals surface area contributed by atoms with Crippen molar-refractivity contribution < 1.29 is 14.0 Å². The monoisotopic (exact) mass is 466 g/mol. The summed E-state index contributed by atoms with van der Waals surface area (Å²) in [6.45, 7) is 1.01. The smallest absolute Gasteiger partial charge is 0.326 e. The largest absolute Gasteiger partial charge is 0.332 e. The maximum absolute atomic E-state index is 13.2. The minimum atomic E-state index is -0.641. The lowest BCUT2D eigenvalue weighted by Crippen LogP contribution is -2.41. The summed E-state index contributed by atoms with van der Waals surface area (Å²) in [5.74, 6) is -1.14. The number of nitrogens with one attached hydrogen (secondary N) is 2. The van der Waals surface area contributed by atoms with E-state index in [0.29, 0.717) is 27.2 Å². The molecule has 0 aliphatic heterocycles. The van der Waals surface area contributed by atoms with Crippen LogP contribution < -0.4 is 21.9 Å². The number of nitrogens with zero attached hydrogens (tertiary/aromatic N) is 2. The predicted molar refractivity (Wildman–Crippen MR) is 125 cm³/mol. The maximum Gasteiger partial charge on any atom is 0.332 e. The first kappa shape index (κ1) is 22.2. The van der Waals surface area contributed by atoms with Gasteiger partial charge in [0.2, 0.25) is 11.8 Å². The Kier molecular flexibility index (Phi) is 6.18. The van der Waals surface area contributed by atoms with Crippen LogP contribution in [0, 0.1) is 5.82 Å². The highest BCUT2D eigenvalue weighted by Crippen LogP contribution is 2.17. The number of thiophene rings is 1. The zero-order valence-corrected chi connectivity index (χ0v) is 18.3. The average molecular weight is 466 g/mol. The lowest BCUT2D eigenvalue weighted by molar-refractivity contribution is -0.117. The summed E-state index contributed by atoms with van der Waals surface area (Å²) in [6.07, 6.45) is 0. The minimum Gasteiger partial charge on any atom is -0.326 e. The third kappa shape index (κ3) is 4.90. The molecule has 2 heterocycles. The number of aromatic nitrogens is 2.